The molecule has 2 unspecified atom stereocenters. The lowest BCUT2D eigenvalue weighted by atomic mass is 9.72. The Balaban J connectivity index is 1.65. The molecule has 45 heavy (non-hydrogen) atoms. The normalized spacial score (nSPS) is 14.3. The van der Waals surface area contributed by atoms with Crippen LogP contribution in [0.4, 0.5) is 17.6 Å². The van der Waals surface area contributed by atoms with Crippen molar-refractivity contribution in [3.63, 3.8) is 0 Å². The van der Waals surface area contributed by atoms with Gasteiger partial charge in [-0.3, -0.25) is 9.59 Å². The number of amides is 2. The zero-order valence-electron chi connectivity index (χ0n) is 25.9. The number of carbonyl (C=O) groups excluding carboxylic acids is 2. The van der Waals surface area contributed by atoms with E-state index < -0.39 is 53.7 Å². The van der Waals surface area contributed by atoms with E-state index in [4.69, 9.17) is 5.73 Å². The second-order valence-electron chi connectivity index (χ2n) is 12.3. The molecule has 4 rings (SSSR count). The number of nitrogens with one attached hydrogen (secondary N) is 1. The van der Waals surface area contributed by atoms with E-state index in [0.717, 1.165) is 5.56 Å². The minimum Gasteiger partial charge on any atom is -0.380 e. The summed E-state index contributed by atoms with van der Waals surface area (Å²) >= 11 is 0. The van der Waals surface area contributed by atoms with Crippen LogP contribution in [0.3, 0.4) is 0 Å². The minimum absolute atomic E-state index is 0.105. The number of nitrogens with zero attached hydrogens (tertiary/aromatic N) is 2. The molecule has 4 aromatic rings. The monoisotopic (exact) mass is 626 g/mol. The van der Waals surface area contributed by atoms with E-state index in [1.54, 1.807) is 68.9 Å². The van der Waals surface area contributed by atoms with Gasteiger partial charge < -0.3 is 16.2 Å². The summed E-state index contributed by atoms with van der Waals surface area (Å²) in [6.07, 6.45) is -4.45. The van der Waals surface area contributed by atoms with Crippen LogP contribution >= 0.6 is 0 Å². The number of aryl methyl sites for hydroxylation is 3. The summed E-state index contributed by atoms with van der Waals surface area (Å²) in [6.45, 7) is 8.39. The molecular weight excluding hydrogens is 588 g/mol. The first-order valence-corrected chi connectivity index (χ1v) is 14.7. The van der Waals surface area contributed by atoms with Gasteiger partial charge in [0.2, 0.25) is 5.91 Å². The SMILES string of the molecule is CCC(NC(=O)c1cccc(-n2ncc3c(CCC(O)(CC(C)(C)c4cc(F)ccc4C)C(F)(F)F)cc(C)cc32)c1)C(N)=O. The van der Waals surface area contributed by atoms with Gasteiger partial charge >= 0.3 is 6.18 Å². The molecule has 2 amide bonds. The van der Waals surface area contributed by atoms with Crippen molar-refractivity contribution in [3.05, 3.63) is 94.4 Å². The highest BCUT2D eigenvalue weighted by molar-refractivity contribution is 5.97. The lowest BCUT2D eigenvalue weighted by Gasteiger charge is -2.38. The van der Waals surface area contributed by atoms with Gasteiger partial charge in [0.1, 0.15) is 11.9 Å². The van der Waals surface area contributed by atoms with E-state index in [-0.39, 0.29) is 12.0 Å². The fourth-order valence-electron chi connectivity index (χ4n) is 5.98. The zero-order chi connectivity index (χ0) is 33.3. The summed E-state index contributed by atoms with van der Waals surface area (Å²) < 4.78 is 59.1. The number of primary amides is 1. The van der Waals surface area contributed by atoms with Gasteiger partial charge in [-0.15, -0.1) is 0 Å². The van der Waals surface area contributed by atoms with Crippen LogP contribution in [-0.4, -0.2) is 44.5 Å². The van der Waals surface area contributed by atoms with Crippen molar-refractivity contribution in [1.82, 2.24) is 15.1 Å². The summed E-state index contributed by atoms with van der Waals surface area (Å²) in [4.78, 5) is 24.4. The molecular formula is C34H38F4N4O3. The molecule has 4 N–H and O–H groups in total. The molecule has 0 aliphatic carbocycles. The third kappa shape index (κ3) is 7.19. The molecule has 1 aromatic heterocycles. The molecule has 0 aliphatic heterocycles. The molecule has 3 aromatic carbocycles. The number of carbonyl (C=O) groups is 2. The van der Waals surface area contributed by atoms with Crippen molar-refractivity contribution in [2.24, 2.45) is 5.73 Å². The number of nitrogens with two attached hydrogens (primary N) is 1. The minimum atomic E-state index is -4.94. The van der Waals surface area contributed by atoms with E-state index in [1.807, 2.05) is 13.0 Å². The zero-order valence-corrected chi connectivity index (χ0v) is 25.9. The fraction of sp³-hybridized carbons (Fsp3) is 0.382. The van der Waals surface area contributed by atoms with Gasteiger partial charge in [0.15, 0.2) is 5.60 Å². The van der Waals surface area contributed by atoms with Crippen molar-refractivity contribution in [1.29, 1.82) is 0 Å². The lowest BCUT2D eigenvalue weighted by molar-refractivity contribution is -0.269. The van der Waals surface area contributed by atoms with Gasteiger partial charge in [-0.1, -0.05) is 39.0 Å². The Morgan fingerprint density at radius 2 is 1.78 bits per heavy atom. The summed E-state index contributed by atoms with van der Waals surface area (Å²) in [6, 6.07) is 13.3. The molecule has 0 radical (unpaired) electrons. The largest absolute Gasteiger partial charge is 0.417 e. The van der Waals surface area contributed by atoms with Crippen molar-refractivity contribution in [2.45, 2.75) is 83.5 Å². The number of fused-ring (bicyclic) bond motifs is 1. The van der Waals surface area contributed by atoms with Crippen LogP contribution in [0.2, 0.25) is 0 Å². The Kier molecular flexibility index (Phi) is 9.44. The lowest BCUT2D eigenvalue weighted by Crippen LogP contribution is -2.49. The summed E-state index contributed by atoms with van der Waals surface area (Å²) in [7, 11) is 0. The fourth-order valence-corrected chi connectivity index (χ4v) is 5.98. The van der Waals surface area contributed by atoms with E-state index in [0.29, 0.717) is 39.7 Å². The molecule has 11 heteroatoms. The first-order chi connectivity index (χ1) is 21.0. The van der Waals surface area contributed by atoms with Gasteiger partial charge in [0, 0.05) is 10.9 Å². The highest BCUT2D eigenvalue weighted by Crippen LogP contribution is 2.44. The van der Waals surface area contributed by atoms with Crippen molar-refractivity contribution in [3.8, 4) is 5.69 Å². The highest BCUT2D eigenvalue weighted by atomic mass is 19.4. The molecule has 7 nitrogen and oxygen atoms in total. The average Bonchev–Trinajstić information content (AvgIpc) is 3.38. The molecule has 0 aliphatic rings. The molecule has 0 saturated carbocycles. The predicted molar refractivity (Wildman–Crippen MR) is 165 cm³/mol. The molecule has 240 valence electrons. The average molecular weight is 627 g/mol. The van der Waals surface area contributed by atoms with Crippen LogP contribution < -0.4 is 11.1 Å². The molecule has 0 saturated heterocycles. The van der Waals surface area contributed by atoms with Gasteiger partial charge in [0.25, 0.3) is 5.91 Å². The maximum absolute atomic E-state index is 14.5. The van der Waals surface area contributed by atoms with E-state index in [1.165, 1.54) is 18.2 Å². The quantitative estimate of drug-likeness (QED) is 0.168. The topological polar surface area (TPSA) is 110 Å². The summed E-state index contributed by atoms with van der Waals surface area (Å²) in [5.74, 6) is -1.69. The maximum atomic E-state index is 14.5. The predicted octanol–water partition coefficient (Wildman–Crippen LogP) is 6.37. The van der Waals surface area contributed by atoms with Crippen LogP contribution in [-0.2, 0) is 16.6 Å². The van der Waals surface area contributed by atoms with Crippen LogP contribution in [0.1, 0.15) is 72.6 Å². The van der Waals surface area contributed by atoms with E-state index in [9.17, 15) is 32.3 Å². The van der Waals surface area contributed by atoms with Gasteiger partial charge in [0.05, 0.1) is 17.4 Å². The van der Waals surface area contributed by atoms with Gasteiger partial charge in [-0.25, -0.2) is 9.07 Å². The first-order valence-electron chi connectivity index (χ1n) is 14.7. The second kappa shape index (κ2) is 12.6. The van der Waals surface area contributed by atoms with Crippen LogP contribution in [0, 0.1) is 19.7 Å². The first kappa shape index (κ1) is 33.6. The number of benzene rings is 3. The Labute approximate surface area is 259 Å². The van der Waals surface area contributed by atoms with Crippen LogP contribution in [0.5, 0.6) is 0 Å². The third-order valence-electron chi connectivity index (χ3n) is 8.33. The second-order valence-corrected chi connectivity index (χ2v) is 12.3. The Morgan fingerprint density at radius 3 is 2.42 bits per heavy atom. The Morgan fingerprint density at radius 1 is 1.07 bits per heavy atom. The van der Waals surface area contributed by atoms with Gasteiger partial charge in [-0.05, 0) is 104 Å². The summed E-state index contributed by atoms with van der Waals surface area (Å²) in [5.41, 5.74) is 4.91. The summed E-state index contributed by atoms with van der Waals surface area (Å²) in [5, 5.41) is 18.9. The number of alkyl halides is 3. The molecule has 0 bridgehead atoms. The maximum Gasteiger partial charge on any atom is 0.417 e. The van der Waals surface area contributed by atoms with Crippen LogP contribution in [0.25, 0.3) is 16.6 Å². The number of halogens is 4. The molecule has 0 spiro atoms. The Hall–Kier alpha value is -4.25. The number of aliphatic hydroxyl groups is 1. The number of hydrogen-bond acceptors (Lipinski definition) is 4. The van der Waals surface area contributed by atoms with Crippen molar-refractivity contribution >= 4 is 22.7 Å². The number of aromatic nitrogens is 2. The molecule has 1 heterocycles. The van der Waals surface area contributed by atoms with E-state index in [2.05, 4.69) is 10.4 Å². The molecule has 2 atom stereocenters. The molecule has 0 fully saturated rings. The van der Waals surface area contributed by atoms with E-state index >= 15 is 0 Å². The van der Waals surface area contributed by atoms with Crippen molar-refractivity contribution in [2.75, 3.05) is 0 Å². The number of rotatable bonds is 11. The number of hydrogen-bond donors (Lipinski definition) is 3. The highest BCUT2D eigenvalue weighted by Gasteiger charge is 2.55. The smallest absolute Gasteiger partial charge is 0.380 e. The Bertz CT molecular complexity index is 1730. The standard InChI is InChI=1S/C34H38F4N4O3/c1-6-28(30(39)43)41-31(44)23-8-7-9-25(16-23)42-29-15-20(2)14-22(26(29)18-40-42)12-13-33(45,34(36,37)38)19-32(4,5)27-17-24(35)11-10-21(27)3/h7-11,14-18,28,45H,6,12-13,19H2,1-5H3,(H2,39,43)(H,41,44). The third-order valence-corrected chi connectivity index (χ3v) is 8.33. The van der Waals surface area contributed by atoms with Gasteiger partial charge in [-0.2, -0.15) is 18.3 Å². The van der Waals surface area contributed by atoms with Crippen LogP contribution in [0.15, 0.2) is 60.8 Å². The van der Waals surface area contributed by atoms with Crippen molar-refractivity contribution < 1.29 is 32.3 Å².